The number of benzene rings is 1. The minimum Gasteiger partial charge on any atom is -0.381 e. The summed E-state index contributed by atoms with van der Waals surface area (Å²) in [5.74, 6) is 0.628. The number of pyridine rings is 1. The van der Waals surface area contributed by atoms with Crippen molar-refractivity contribution in [2.45, 2.75) is 38.8 Å². The molecule has 4 aromatic rings. The quantitative estimate of drug-likeness (QED) is 0.374. The Balaban J connectivity index is 1.24. The van der Waals surface area contributed by atoms with Crippen molar-refractivity contribution in [1.82, 2.24) is 29.4 Å². The van der Waals surface area contributed by atoms with Crippen molar-refractivity contribution in [3.63, 3.8) is 0 Å². The molecule has 45 heavy (non-hydrogen) atoms. The second kappa shape index (κ2) is 11.3. The summed E-state index contributed by atoms with van der Waals surface area (Å²) in [7, 11) is 2.07. The minimum atomic E-state index is -0.274. The molecule has 4 aliphatic heterocycles. The molecule has 4 aliphatic rings. The fourth-order valence-corrected chi connectivity index (χ4v) is 7.46. The second-order valence-electron chi connectivity index (χ2n) is 12.6. The van der Waals surface area contributed by atoms with Crippen LogP contribution in [0.4, 0.5) is 27.3 Å². The molecule has 0 aliphatic carbocycles. The van der Waals surface area contributed by atoms with Gasteiger partial charge < -0.3 is 34.1 Å². The summed E-state index contributed by atoms with van der Waals surface area (Å²) < 4.78 is 26.4. The highest BCUT2D eigenvalue weighted by Crippen LogP contribution is 2.45. The number of hydrogen-bond acceptors (Lipinski definition) is 8. The maximum Gasteiger partial charge on any atom is 0.219 e. The fraction of sp³-hybridized carbons (Fsp3) is 0.485. The Kier molecular flexibility index (Phi) is 7.13. The largest absolute Gasteiger partial charge is 0.381 e. The summed E-state index contributed by atoms with van der Waals surface area (Å²) in [4.78, 5) is 25.6. The van der Waals surface area contributed by atoms with Crippen LogP contribution < -0.4 is 20.0 Å². The van der Waals surface area contributed by atoms with Gasteiger partial charge in [0.1, 0.15) is 11.5 Å². The first-order valence-electron chi connectivity index (χ1n) is 16.1. The smallest absolute Gasteiger partial charge is 0.219 e. The first-order valence-corrected chi connectivity index (χ1v) is 16.1. The number of amides is 1. The SMILES string of the molecule is CC(=O)N1CCc2c(c(N3CCN(C)c4cc(-c5cc6nccn6cc5N5CCNCC5)c(F)cc43)nn2C2CCOCC2)C1. The van der Waals surface area contributed by atoms with Gasteiger partial charge in [-0.1, -0.05) is 0 Å². The predicted octanol–water partition coefficient (Wildman–Crippen LogP) is 3.59. The number of nitrogens with one attached hydrogen (secondary N) is 1. The second-order valence-corrected chi connectivity index (χ2v) is 12.6. The van der Waals surface area contributed by atoms with E-state index >= 15 is 4.39 Å². The predicted molar refractivity (Wildman–Crippen MR) is 172 cm³/mol. The van der Waals surface area contributed by atoms with Crippen LogP contribution in [-0.4, -0.2) is 96.0 Å². The standard InChI is InChI=1S/C33H40FN9O2/c1-22(44)40-9-3-28-26(20-40)33(37-43(28)23-4-15-45-16-5-23)42-14-13-38(2)29-17-24(27(34)19-30(29)42)25-18-32-36-8-12-41(32)21-31(25)39-10-6-35-7-11-39/h8,12,17-19,21,23,35H,3-7,9-11,13-16,20H2,1-2H3. The maximum atomic E-state index is 16.6. The topological polar surface area (TPSA) is 86.4 Å². The van der Waals surface area contributed by atoms with E-state index in [1.165, 1.54) is 5.69 Å². The van der Waals surface area contributed by atoms with Crippen LogP contribution in [0.3, 0.4) is 0 Å². The van der Waals surface area contributed by atoms with Crippen LogP contribution in [0.1, 0.15) is 37.1 Å². The maximum absolute atomic E-state index is 16.6. The first kappa shape index (κ1) is 28.3. The molecule has 236 valence electrons. The van der Waals surface area contributed by atoms with Gasteiger partial charge in [-0.3, -0.25) is 9.48 Å². The van der Waals surface area contributed by atoms with Crippen molar-refractivity contribution in [2.24, 2.45) is 0 Å². The van der Waals surface area contributed by atoms with E-state index < -0.39 is 0 Å². The Morgan fingerprint density at radius 2 is 1.82 bits per heavy atom. The molecule has 0 saturated carbocycles. The third-order valence-corrected chi connectivity index (χ3v) is 9.98. The van der Waals surface area contributed by atoms with E-state index in [1.54, 1.807) is 19.2 Å². The van der Waals surface area contributed by atoms with Crippen LogP contribution in [0.15, 0.2) is 36.8 Å². The third-order valence-electron chi connectivity index (χ3n) is 9.98. The summed E-state index contributed by atoms with van der Waals surface area (Å²) in [6.07, 6.45) is 8.39. The number of anilines is 4. The van der Waals surface area contributed by atoms with Crippen molar-refractivity contribution in [3.8, 4) is 11.1 Å². The molecule has 11 nitrogen and oxygen atoms in total. The molecule has 0 radical (unpaired) electrons. The molecule has 0 bridgehead atoms. The van der Waals surface area contributed by atoms with Crippen molar-refractivity contribution in [3.05, 3.63) is 53.9 Å². The zero-order valence-corrected chi connectivity index (χ0v) is 26.0. The van der Waals surface area contributed by atoms with E-state index in [9.17, 15) is 4.79 Å². The van der Waals surface area contributed by atoms with Gasteiger partial charge in [0.15, 0.2) is 5.82 Å². The lowest BCUT2D eigenvalue weighted by Crippen LogP contribution is -2.43. The number of carbonyl (C=O) groups excluding carboxylic acids is 1. The van der Waals surface area contributed by atoms with Gasteiger partial charge >= 0.3 is 0 Å². The number of piperazine rings is 1. The van der Waals surface area contributed by atoms with Gasteiger partial charge in [-0.15, -0.1) is 0 Å². The molecule has 2 fully saturated rings. The van der Waals surface area contributed by atoms with Crippen molar-refractivity contribution in [1.29, 1.82) is 0 Å². The first-order chi connectivity index (χ1) is 22.0. The van der Waals surface area contributed by atoms with Crippen LogP contribution in [0.25, 0.3) is 16.8 Å². The molecule has 12 heteroatoms. The zero-order chi connectivity index (χ0) is 30.7. The van der Waals surface area contributed by atoms with E-state index in [0.29, 0.717) is 25.2 Å². The monoisotopic (exact) mass is 613 g/mol. The van der Waals surface area contributed by atoms with Crippen molar-refractivity contribution < 1.29 is 13.9 Å². The Labute approximate surface area is 262 Å². The van der Waals surface area contributed by atoms with E-state index in [0.717, 1.165) is 105 Å². The van der Waals surface area contributed by atoms with Gasteiger partial charge in [0, 0.05) is 126 Å². The molecule has 0 atom stereocenters. The summed E-state index contributed by atoms with van der Waals surface area (Å²) in [5, 5.41) is 8.68. The van der Waals surface area contributed by atoms with Gasteiger partial charge in [0.05, 0.1) is 29.6 Å². The molecule has 1 N–H and O–H groups in total. The zero-order valence-electron chi connectivity index (χ0n) is 26.0. The summed E-state index contributed by atoms with van der Waals surface area (Å²) in [6.45, 7) is 9.19. The van der Waals surface area contributed by atoms with Crippen LogP contribution in [0.2, 0.25) is 0 Å². The van der Waals surface area contributed by atoms with Crippen LogP contribution in [0.5, 0.6) is 0 Å². The normalized spacial score (nSPS) is 19.3. The van der Waals surface area contributed by atoms with Gasteiger partial charge in [-0.2, -0.15) is 5.10 Å². The van der Waals surface area contributed by atoms with E-state index in [4.69, 9.17) is 9.84 Å². The Morgan fingerprint density at radius 1 is 1.00 bits per heavy atom. The molecule has 3 aromatic heterocycles. The van der Waals surface area contributed by atoms with Crippen molar-refractivity contribution in [2.75, 3.05) is 80.8 Å². The number of hydrogen-bond donors (Lipinski definition) is 1. The number of ether oxygens (including phenoxy) is 1. The lowest BCUT2D eigenvalue weighted by Gasteiger charge is -2.37. The van der Waals surface area contributed by atoms with Crippen LogP contribution in [-0.2, 0) is 22.5 Å². The number of fused-ring (bicyclic) bond motifs is 3. The highest BCUT2D eigenvalue weighted by atomic mass is 19.1. The van der Waals surface area contributed by atoms with E-state index in [2.05, 4.69) is 42.9 Å². The molecule has 8 rings (SSSR count). The minimum absolute atomic E-state index is 0.0645. The average molecular weight is 614 g/mol. The highest BCUT2D eigenvalue weighted by molar-refractivity contribution is 5.89. The summed E-state index contributed by atoms with van der Waals surface area (Å²) in [5.41, 5.74) is 7.24. The third kappa shape index (κ3) is 4.91. The fourth-order valence-electron chi connectivity index (χ4n) is 7.46. The van der Waals surface area contributed by atoms with Crippen LogP contribution in [0, 0.1) is 5.82 Å². The molecular formula is C33H40FN9O2. The van der Waals surface area contributed by atoms with Crippen LogP contribution >= 0.6 is 0 Å². The van der Waals surface area contributed by atoms with E-state index in [-0.39, 0.29) is 17.8 Å². The van der Waals surface area contributed by atoms with Gasteiger partial charge in [-0.05, 0) is 25.0 Å². The van der Waals surface area contributed by atoms with Gasteiger partial charge in [-0.25, -0.2) is 9.37 Å². The number of aromatic nitrogens is 4. The highest BCUT2D eigenvalue weighted by Gasteiger charge is 2.35. The molecule has 2 saturated heterocycles. The van der Waals surface area contributed by atoms with E-state index in [1.807, 2.05) is 27.6 Å². The van der Waals surface area contributed by atoms with Gasteiger partial charge in [0.25, 0.3) is 0 Å². The number of likely N-dealkylation sites (N-methyl/N-ethyl adjacent to an activating group) is 1. The Hall–Kier alpha value is -4.16. The average Bonchev–Trinajstić information content (AvgIpc) is 3.69. The Morgan fingerprint density at radius 3 is 2.62 bits per heavy atom. The molecule has 0 unspecified atom stereocenters. The van der Waals surface area contributed by atoms with Gasteiger partial charge in [0.2, 0.25) is 5.91 Å². The lowest BCUT2D eigenvalue weighted by atomic mass is 9.99. The lowest BCUT2D eigenvalue weighted by molar-refractivity contribution is -0.129. The molecule has 1 amide bonds. The molecular weight excluding hydrogens is 573 g/mol. The number of imidazole rings is 1. The number of rotatable bonds is 4. The molecule has 0 spiro atoms. The summed E-state index contributed by atoms with van der Waals surface area (Å²) >= 11 is 0. The number of halogens is 1. The number of nitrogens with zero attached hydrogens (tertiary/aromatic N) is 8. The molecule has 7 heterocycles. The molecule has 1 aromatic carbocycles. The summed E-state index contributed by atoms with van der Waals surface area (Å²) in [6, 6.07) is 5.95. The van der Waals surface area contributed by atoms with Crippen molar-refractivity contribution >= 4 is 34.4 Å². The Bertz CT molecular complexity index is 1750. The number of carbonyl (C=O) groups is 1.